The van der Waals surface area contributed by atoms with Gasteiger partial charge >= 0.3 is 0 Å². The maximum absolute atomic E-state index is 6.21. The molecule has 6 aromatic rings. The lowest BCUT2D eigenvalue weighted by molar-refractivity contribution is 0.303. The number of ether oxygens (including phenoxy) is 2. The molecule has 0 aliphatic carbocycles. The number of fused-ring (bicyclic) bond motifs is 2. The molecule has 0 aliphatic rings. The Morgan fingerprint density at radius 3 is 2.80 bits per heavy atom. The predicted molar refractivity (Wildman–Crippen MR) is 136 cm³/mol. The van der Waals surface area contributed by atoms with E-state index in [4.69, 9.17) is 18.9 Å². The van der Waals surface area contributed by atoms with Gasteiger partial charge in [-0.25, -0.2) is 14.5 Å². The largest absolute Gasteiger partial charge is 0.496 e. The number of furan rings is 1. The molecule has 6 rings (SSSR count). The van der Waals surface area contributed by atoms with Crippen LogP contribution in [-0.4, -0.2) is 26.7 Å². The summed E-state index contributed by atoms with van der Waals surface area (Å²) in [6.07, 6.45) is 1.86. The summed E-state index contributed by atoms with van der Waals surface area (Å²) >= 11 is 1.61. The van der Waals surface area contributed by atoms with Crippen LogP contribution >= 0.6 is 11.3 Å². The number of hydrogen-bond acceptors (Lipinski definition) is 7. The van der Waals surface area contributed by atoms with E-state index in [9.17, 15) is 0 Å². The van der Waals surface area contributed by atoms with Gasteiger partial charge in [-0.3, -0.25) is 0 Å². The van der Waals surface area contributed by atoms with Crippen molar-refractivity contribution < 1.29 is 13.9 Å². The molecule has 174 valence electrons. The second-order valence-electron chi connectivity index (χ2n) is 8.35. The molecule has 8 heteroatoms. The molecule has 0 saturated carbocycles. The fourth-order valence-corrected chi connectivity index (χ4v) is 4.78. The molecule has 0 spiro atoms. The normalized spacial score (nSPS) is 11.4. The van der Waals surface area contributed by atoms with Gasteiger partial charge in [-0.2, -0.15) is 5.10 Å². The molecule has 0 amide bonds. The highest BCUT2D eigenvalue weighted by Gasteiger charge is 2.16. The SMILES string of the molecule is COc1cc(OCc2csc(-c3cccc(C)c3)n2)c2cc(-c3cn4nc(C)ccc4n3)oc2c1. The van der Waals surface area contributed by atoms with Crippen LogP contribution in [0.3, 0.4) is 0 Å². The second-order valence-corrected chi connectivity index (χ2v) is 9.21. The first-order chi connectivity index (χ1) is 17.1. The van der Waals surface area contributed by atoms with Gasteiger partial charge in [0.05, 0.1) is 30.1 Å². The Labute approximate surface area is 205 Å². The average molecular weight is 483 g/mol. The van der Waals surface area contributed by atoms with Crippen molar-refractivity contribution in [1.29, 1.82) is 0 Å². The van der Waals surface area contributed by atoms with Crippen molar-refractivity contribution in [3.63, 3.8) is 0 Å². The predicted octanol–water partition coefficient (Wildman–Crippen LogP) is 6.47. The number of aromatic nitrogens is 4. The first-order valence-electron chi connectivity index (χ1n) is 11.1. The fourth-order valence-electron chi connectivity index (χ4n) is 3.98. The Morgan fingerprint density at radius 1 is 1.03 bits per heavy atom. The Hall–Kier alpha value is -4.17. The lowest BCUT2D eigenvalue weighted by Gasteiger charge is -2.08. The summed E-state index contributed by atoms with van der Waals surface area (Å²) in [5.74, 6) is 1.95. The molecule has 7 nitrogen and oxygen atoms in total. The molecule has 4 heterocycles. The summed E-state index contributed by atoms with van der Waals surface area (Å²) in [6.45, 7) is 4.36. The van der Waals surface area contributed by atoms with E-state index in [-0.39, 0.29) is 0 Å². The van der Waals surface area contributed by atoms with Crippen LogP contribution in [-0.2, 0) is 6.61 Å². The fraction of sp³-hybridized carbons (Fsp3) is 0.148. The highest BCUT2D eigenvalue weighted by Crippen LogP contribution is 2.37. The van der Waals surface area contributed by atoms with Crippen molar-refractivity contribution in [3.05, 3.63) is 83.1 Å². The van der Waals surface area contributed by atoms with Gasteiger partial charge in [-0.1, -0.05) is 23.8 Å². The summed E-state index contributed by atoms with van der Waals surface area (Å²) in [5.41, 5.74) is 6.23. The first-order valence-corrected chi connectivity index (χ1v) is 12.0. The van der Waals surface area contributed by atoms with Crippen LogP contribution in [0.4, 0.5) is 0 Å². The molecule has 0 unspecified atom stereocenters. The lowest BCUT2D eigenvalue weighted by Crippen LogP contribution is -1.97. The minimum Gasteiger partial charge on any atom is -0.496 e. The summed E-state index contributed by atoms with van der Waals surface area (Å²) in [4.78, 5) is 9.41. The summed E-state index contributed by atoms with van der Waals surface area (Å²) in [6, 6.07) is 17.9. The molecule has 0 radical (unpaired) electrons. The Kier molecular flexibility index (Phi) is 5.22. The van der Waals surface area contributed by atoms with E-state index in [1.807, 2.05) is 54.9 Å². The van der Waals surface area contributed by atoms with E-state index >= 15 is 0 Å². The monoisotopic (exact) mass is 482 g/mol. The second kappa shape index (κ2) is 8.56. The van der Waals surface area contributed by atoms with Crippen molar-refractivity contribution in [2.24, 2.45) is 0 Å². The van der Waals surface area contributed by atoms with E-state index in [1.165, 1.54) is 5.56 Å². The van der Waals surface area contributed by atoms with Crippen molar-refractivity contribution in [1.82, 2.24) is 19.6 Å². The Balaban J connectivity index is 1.31. The molecule has 0 saturated heterocycles. The van der Waals surface area contributed by atoms with Crippen LogP contribution in [0.5, 0.6) is 11.5 Å². The third-order valence-electron chi connectivity index (χ3n) is 5.71. The molecule has 0 fully saturated rings. The molecule has 0 N–H and O–H groups in total. The quantitative estimate of drug-likeness (QED) is 0.271. The molecular weight excluding hydrogens is 460 g/mol. The average Bonchev–Trinajstić information content (AvgIpc) is 3.59. The molecule has 0 atom stereocenters. The number of methoxy groups -OCH3 is 1. The van der Waals surface area contributed by atoms with Crippen LogP contribution in [0.2, 0.25) is 0 Å². The third kappa shape index (κ3) is 4.13. The maximum Gasteiger partial charge on any atom is 0.155 e. The number of aryl methyl sites for hydroxylation is 2. The summed E-state index contributed by atoms with van der Waals surface area (Å²) in [5, 5.41) is 8.32. The lowest BCUT2D eigenvalue weighted by atomic mass is 10.1. The van der Waals surface area contributed by atoms with Crippen LogP contribution in [0, 0.1) is 13.8 Å². The van der Waals surface area contributed by atoms with Crippen LogP contribution in [0.15, 0.2) is 70.6 Å². The molecular formula is C27H22N4O3S. The third-order valence-corrected chi connectivity index (χ3v) is 6.65. The summed E-state index contributed by atoms with van der Waals surface area (Å²) < 4.78 is 19.6. The molecule has 2 aromatic carbocycles. The molecule has 35 heavy (non-hydrogen) atoms. The molecule has 0 aliphatic heterocycles. The highest BCUT2D eigenvalue weighted by atomic mass is 32.1. The van der Waals surface area contributed by atoms with Gasteiger partial charge in [0.1, 0.15) is 34.4 Å². The van der Waals surface area contributed by atoms with Crippen LogP contribution < -0.4 is 9.47 Å². The molecule has 0 bridgehead atoms. The zero-order valence-corrected chi connectivity index (χ0v) is 20.3. The number of rotatable bonds is 6. The van der Waals surface area contributed by atoms with Gasteiger partial charge in [0.2, 0.25) is 0 Å². The Morgan fingerprint density at radius 2 is 1.94 bits per heavy atom. The number of hydrogen-bond donors (Lipinski definition) is 0. The van der Waals surface area contributed by atoms with E-state index in [0.717, 1.165) is 33.0 Å². The smallest absolute Gasteiger partial charge is 0.155 e. The summed E-state index contributed by atoms with van der Waals surface area (Å²) in [7, 11) is 1.62. The first kappa shape index (κ1) is 21.4. The zero-order chi connectivity index (χ0) is 23.9. The van der Waals surface area contributed by atoms with Crippen LogP contribution in [0.25, 0.3) is 38.6 Å². The maximum atomic E-state index is 6.21. The van der Waals surface area contributed by atoms with Crippen molar-refractivity contribution in [3.8, 4) is 33.5 Å². The van der Waals surface area contributed by atoms with E-state index < -0.39 is 0 Å². The Bertz CT molecular complexity index is 1680. The zero-order valence-electron chi connectivity index (χ0n) is 19.5. The van der Waals surface area contributed by atoms with Gasteiger partial charge in [0, 0.05) is 23.1 Å². The van der Waals surface area contributed by atoms with E-state index in [1.54, 1.807) is 23.0 Å². The van der Waals surface area contributed by atoms with Gasteiger partial charge in [0.25, 0.3) is 0 Å². The van der Waals surface area contributed by atoms with Crippen molar-refractivity contribution in [2.75, 3.05) is 7.11 Å². The number of thiazole rings is 1. The number of benzene rings is 2. The highest BCUT2D eigenvalue weighted by molar-refractivity contribution is 7.13. The molecule has 4 aromatic heterocycles. The number of imidazole rings is 1. The van der Waals surface area contributed by atoms with E-state index in [0.29, 0.717) is 35.1 Å². The van der Waals surface area contributed by atoms with Gasteiger partial charge < -0.3 is 13.9 Å². The van der Waals surface area contributed by atoms with Gasteiger partial charge in [-0.05, 0) is 38.1 Å². The van der Waals surface area contributed by atoms with Gasteiger partial charge in [0.15, 0.2) is 11.4 Å². The standard InChI is InChI=1S/C27H22N4O3S/c1-16-5-4-6-18(9-16)27-28-19(15-35-27)14-33-23-10-20(32-3)11-24-21(23)12-25(34-24)22-13-31-26(29-22)8-7-17(2)30-31/h4-13,15H,14H2,1-3H3. The number of nitrogens with zero attached hydrogens (tertiary/aromatic N) is 4. The van der Waals surface area contributed by atoms with Gasteiger partial charge in [-0.15, -0.1) is 11.3 Å². The van der Waals surface area contributed by atoms with Crippen LogP contribution in [0.1, 0.15) is 17.0 Å². The van der Waals surface area contributed by atoms with Crippen molar-refractivity contribution in [2.45, 2.75) is 20.5 Å². The van der Waals surface area contributed by atoms with E-state index in [2.05, 4.69) is 35.2 Å². The topological polar surface area (TPSA) is 74.7 Å². The minimum atomic E-state index is 0.336. The minimum absolute atomic E-state index is 0.336. The van der Waals surface area contributed by atoms with Crippen molar-refractivity contribution >= 4 is 28.0 Å².